The van der Waals surface area contributed by atoms with Crippen molar-refractivity contribution in [3.63, 3.8) is 0 Å². The van der Waals surface area contributed by atoms with Crippen LogP contribution in [-0.4, -0.2) is 51.3 Å². The van der Waals surface area contributed by atoms with Crippen molar-refractivity contribution in [3.05, 3.63) is 88.5 Å². The van der Waals surface area contributed by atoms with Crippen LogP contribution in [0.4, 0.5) is 13.2 Å². The van der Waals surface area contributed by atoms with Crippen LogP contribution >= 0.6 is 0 Å². The van der Waals surface area contributed by atoms with Crippen molar-refractivity contribution in [1.82, 2.24) is 4.90 Å². The van der Waals surface area contributed by atoms with Gasteiger partial charge < -0.3 is 23.8 Å². The van der Waals surface area contributed by atoms with Gasteiger partial charge in [0.15, 0.2) is 11.5 Å². The Morgan fingerprint density at radius 2 is 1.61 bits per heavy atom. The third kappa shape index (κ3) is 5.39. The molecule has 1 aliphatic heterocycles. The van der Waals surface area contributed by atoms with Gasteiger partial charge in [-0.25, -0.2) is 4.79 Å². The first-order valence-electron chi connectivity index (χ1n) is 11.7. The Morgan fingerprint density at radius 1 is 0.947 bits per heavy atom. The molecule has 0 aliphatic carbocycles. The molecule has 4 rings (SSSR count). The second-order valence-electron chi connectivity index (χ2n) is 8.54. The summed E-state index contributed by atoms with van der Waals surface area (Å²) in [7, 11) is 4.26. The minimum atomic E-state index is -4.69. The van der Waals surface area contributed by atoms with E-state index in [0.29, 0.717) is 34.8 Å². The lowest BCUT2D eigenvalue weighted by atomic mass is 9.91. The van der Waals surface area contributed by atoms with Crippen LogP contribution in [0, 0.1) is 0 Å². The van der Waals surface area contributed by atoms with Gasteiger partial charge in [-0.15, -0.1) is 0 Å². The van der Waals surface area contributed by atoms with Crippen molar-refractivity contribution >= 4 is 11.9 Å². The van der Waals surface area contributed by atoms with Crippen LogP contribution in [0.25, 0.3) is 0 Å². The van der Waals surface area contributed by atoms with Crippen LogP contribution in [0.1, 0.15) is 43.4 Å². The Hall–Kier alpha value is -4.21. The molecule has 38 heavy (non-hydrogen) atoms. The summed E-state index contributed by atoms with van der Waals surface area (Å²) in [6.45, 7) is 0.114. The Labute approximate surface area is 217 Å². The van der Waals surface area contributed by atoms with Crippen molar-refractivity contribution in [2.45, 2.75) is 18.6 Å². The van der Waals surface area contributed by atoms with E-state index in [4.69, 9.17) is 18.9 Å². The zero-order chi connectivity index (χ0) is 27.4. The molecule has 0 radical (unpaired) electrons. The molecule has 1 atom stereocenters. The van der Waals surface area contributed by atoms with Gasteiger partial charge in [0.05, 0.1) is 44.1 Å². The van der Waals surface area contributed by atoms with Gasteiger partial charge in [-0.3, -0.25) is 4.79 Å². The SMILES string of the molecule is COC(=O)c1ccc(OC[C@@H]2c3cc(OC)c(OC)cc3CCN2C(=O)c2ccccc2C(F)(F)F)cc1. The number of halogens is 3. The quantitative estimate of drug-likeness (QED) is 0.386. The number of amides is 1. The molecular formula is C28H26F3NO6. The van der Waals surface area contributed by atoms with Gasteiger partial charge in [-0.1, -0.05) is 12.1 Å². The van der Waals surface area contributed by atoms with Gasteiger partial charge >= 0.3 is 12.1 Å². The lowest BCUT2D eigenvalue weighted by Crippen LogP contribution is -2.43. The first-order chi connectivity index (χ1) is 18.2. The molecule has 1 heterocycles. The standard InChI is InChI=1S/C28H26F3NO6/c1-35-24-14-18-12-13-32(26(33)20-6-4-5-7-22(20)28(29,30)31)23(21(18)15-25(24)36-2)16-38-19-10-8-17(9-11-19)27(34)37-3/h4-11,14-15,23H,12-13,16H2,1-3H3/t23-/m1/s1. The molecule has 0 fully saturated rings. The number of benzene rings is 3. The number of esters is 1. The second-order valence-corrected chi connectivity index (χ2v) is 8.54. The first kappa shape index (κ1) is 26.8. The summed E-state index contributed by atoms with van der Waals surface area (Å²) in [5, 5.41) is 0. The summed E-state index contributed by atoms with van der Waals surface area (Å²) < 4.78 is 62.7. The molecule has 200 valence electrons. The summed E-state index contributed by atoms with van der Waals surface area (Å²) in [4.78, 5) is 26.7. The summed E-state index contributed by atoms with van der Waals surface area (Å²) in [6.07, 6.45) is -4.29. The number of rotatable bonds is 7. The highest BCUT2D eigenvalue weighted by Crippen LogP contribution is 2.40. The third-order valence-electron chi connectivity index (χ3n) is 6.41. The molecule has 0 saturated carbocycles. The number of alkyl halides is 3. The molecular weight excluding hydrogens is 503 g/mol. The van der Waals surface area contributed by atoms with Crippen LogP contribution in [0.5, 0.6) is 17.2 Å². The molecule has 0 bridgehead atoms. The Morgan fingerprint density at radius 3 is 2.24 bits per heavy atom. The summed E-state index contributed by atoms with van der Waals surface area (Å²) in [6, 6.07) is 13.8. The zero-order valence-electron chi connectivity index (χ0n) is 21.0. The van der Waals surface area contributed by atoms with Crippen molar-refractivity contribution in [3.8, 4) is 17.2 Å². The third-order valence-corrected chi connectivity index (χ3v) is 6.41. The monoisotopic (exact) mass is 529 g/mol. The van der Waals surface area contributed by atoms with Gasteiger partial charge in [-0.2, -0.15) is 13.2 Å². The number of hydrogen-bond donors (Lipinski definition) is 0. The smallest absolute Gasteiger partial charge is 0.417 e. The molecule has 0 unspecified atom stereocenters. The van der Waals surface area contributed by atoms with Crippen molar-refractivity contribution in [1.29, 1.82) is 0 Å². The lowest BCUT2D eigenvalue weighted by Gasteiger charge is -2.38. The second kappa shape index (κ2) is 11.0. The summed E-state index contributed by atoms with van der Waals surface area (Å²) >= 11 is 0. The lowest BCUT2D eigenvalue weighted by molar-refractivity contribution is -0.138. The maximum atomic E-state index is 13.7. The normalized spacial score (nSPS) is 14.9. The Bertz CT molecular complexity index is 1320. The fourth-order valence-corrected chi connectivity index (χ4v) is 4.50. The molecule has 3 aromatic rings. The van der Waals surface area contributed by atoms with E-state index in [-0.39, 0.29) is 13.2 Å². The predicted octanol–water partition coefficient (Wildman–Crippen LogP) is 5.33. The maximum Gasteiger partial charge on any atom is 0.417 e. The van der Waals surface area contributed by atoms with Crippen molar-refractivity contribution in [2.24, 2.45) is 0 Å². The van der Waals surface area contributed by atoms with Crippen LogP contribution in [0.15, 0.2) is 60.7 Å². The number of carbonyl (C=O) groups is 2. The number of carbonyl (C=O) groups excluding carboxylic acids is 2. The van der Waals surface area contributed by atoms with Crippen molar-refractivity contribution in [2.75, 3.05) is 34.5 Å². The number of nitrogens with zero attached hydrogens (tertiary/aromatic N) is 1. The highest BCUT2D eigenvalue weighted by molar-refractivity contribution is 5.96. The molecule has 3 aromatic carbocycles. The Kier molecular flexibility index (Phi) is 7.80. The molecule has 1 amide bonds. The average molecular weight is 530 g/mol. The van der Waals surface area contributed by atoms with Gasteiger partial charge in [0.1, 0.15) is 12.4 Å². The van der Waals surface area contributed by atoms with E-state index in [1.807, 2.05) is 0 Å². The van der Waals surface area contributed by atoms with E-state index < -0.39 is 35.2 Å². The predicted molar refractivity (Wildman–Crippen MR) is 132 cm³/mol. The average Bonchev–Trinajstić information content (AvgIpc) is 2.94. The minimum Gasteiger partial charge on any atom is -0.493 e. The van der Waals surface area contributed by atoms with E-state index in [1.165, 1.54) is 56.6 Å². The van der Waals surface area contributed by atoms with Crippen LogP contribution in [0.3, 0.4) is 0 Å². The minimum absolute atomic E-state index is 0.0556. The van der Waals surface area contributed by atoms with E-state index in [0.717, 1.165) is 11.6 Å². The van der Waals surface area contributed by atoms with Crippen LogP contribution in [0.2, 0.25) is 0 Å². The maximum absolute atomic E-state index is 13.7. The Balaban J connectivity index is 1.71. The largest absolute Gasteiger partial charge is 0.493 e. The summed E-state index contributed by atoms with van der Waals surface area (Å²) in [5.74, 6) is 0.0791. The first-order valence-corrected chi connectivity index (χ1v) is 11.7. The fourth-order valence-electron chi connectivity index (χ4n) is 4.50. The topological polar surface area (TPSA) is 74.3 Å². The van der Waals surface area contributed by atoms with Crippen molar-refractivity contribution < 1.29 is 41.7 Å². The highest BCUT2D eigenvalue weighted by atomic mass is 19.4. The van der Waals surface area contributed by atoms with Gasteiger partial charge in [0.25, 0.3) is 5.91 Å². The molecule has 0 saturated heterocycles. The number of ether oxygens (including phenoxy) is 4. The molecule has 0 spiro atoms. The van der Waals surface area contributed by atoms with Gasteiger partial charge in [0.2, 0.25) is 0 Å². The number of hydrogen-bond acceptors (Lipinski definition) is 6. The highest BCUT2D eigenvalue weighted by Gasteiger charge is 2.39. The molecule has 1 aliphatic rings. The van der Waals surface area contributed by atoms with Crippen LogP contribution < -0.4 is 14.2 Å². The van der Waals surface area contributed by atoms with E-state index in [9.17, 15) is 22.8 Å². The van der Waals surface area contributed by atoms with E-state index in [2.05, 4.69) is 0 Å². The zero-order valence-corrected chi connectivity index (χ0v) is 21.0. The number of fused-ring (bicyclic) bond motifs is 1. The van der Waals surface area contributed by atoms with E-state index >= 15 is 0 Å². The molecule has 10 heteroatoms. The summed E-state index contributed by atoms with van der Waals surface area (Å²) in [5.41, 5.74) is 0.446. The van der Waals surface area contributed by atoms with Crippen LogP contribution in [-0.2, 0) is 17.3 Å². The van der Waals surface area contributed by atoms with Gasteiger partial charge in [0, 0.05) is 6.54 Å². The fraction of sp³-hybridized carbons (Fsp3) is 0.286. The molecule has 0 aromatic heterocycles. The molecule has 7 nitrogen and oxygen atoms in total. The number of methoxy groups -OCH3 is 3. The van der Waals surface area contributed by atoms with Gasteiger partial charge in [-0.05, 0) is 66.1 Å². The molecule has 0 N–H and O–H groups in total. The van der Waals surface area contributed by atoms with E-state index in [1.54, 1.807) is 24.3 Å².